The smallest absolute Gasteiger partial charge is 0.0702 e. The molecule has 2 rings (SSSR count). The molecule has 94 valence electrons. The quantitative estimate of drug-likeness (QED) is 0.839. The van der Waals surface area contributed by atoms with Gasteiger partial charge in [-0.2, -0.15) is 0 Å². The van der Waals surface area contributed by atoms with Crippen LogP contribution in [0.4, 0.5) is 5.69 Å². The van der Waals surface area contributed by atoms with Crippen molar-refractivity contribution < 1.29 is 10.2 Å². The van der Waals surface area contributed by atoms with Gasteiger partial charge in [0.25, 0.3) is 0 Å². The second-order valence-corrected chi connectivity index (χ2v) is 4.85. The first-order chi connectivity index (χ1) is 8.22. The Morgan fingerprint density at radius 1 is 1.29 bits per heavy atom. The second kappa shape index (κ2) is 5.52. The van der Waals surface area contributed by atoms with Crippen LogP contribution in [0.2, 0.25) is 0 Å². The summed E-state index contributed by atoms with van der Waals surface area (Å²) in [6, 6.07) is 8.00. The molecule has 1 aromatic carbocycles. The zero-order chi connectivity index (χ0) is 12.3. The van der Waals surface area contributed by atoms with Crippen LogP contribution in [0, 0.1) is 5.92 Å². The lowest BCUT2D eigenvalue weighted by Crippen LogP contribution is -2.37. The highest BCUT2D eigenvalue weighted by Crippen LogP contribution is 2.27. The zero-order valence-electron chi connectivity index (χ0n) is 10.3. The molecular formula is C14H21NO2. The van der Waals surface area contributed by atoms with Crippen molar-refractivity contribution in [2.75, 3.05) is 18.0 Å². The molecule has 1 saturated heterocycles. The third-order valence-electron chi connectivity index (χ3n) is 3.72. The molecule has 1 unspecified atom stereocenters. The van der Waals surface area contributed by atoms with Crippen LogP contribution in [0.5, 0.6) is 0 Å². The molecule has 1 fully saturated rings. The molecule has 1 atom stereocenters. The van der Waals surface area contributed by atoms with E-state index in [0.717, 1.165) is 37.2 Å². The highest BCUT2D eigenvalue weighted by Gasteiger charge is 2.23. The average molecular weight is 235 g/mol. The van der Waals surface area contributed by atoms with Gasteiger partial charge in [0, 0.05) is 24.3 Å². The molecular weight excluding hydrogens is 214 g/mol. The first-order valence-corrected chi connectivity index (χ1v) is 6.34. The van der Waals surface area contributed by atoms with E-state index in [0.29, 0.717) is 5.92 Å². The molecule has 17 heavy (non-hydrogen) atoms. The van der Waals surface area contributed by atoms with E-state index in [1.165, 1.54) is 0 Å². The van der Waals surface area contributed by atoms with Crippen LogP contribution >= 0.6 is 0 Å². The van der Waals surface area contributed by atoms with Crippen molar-refractivity contribution in [3.05, 3.63) is 29.8 Å². The summed E-state index contributed by atoms with van der Waals surface area (Å²) in [7, 11) is 0. The summed E-state index contributed by atoms with van der Waals surface area (Å²) in [4.78, 5) is 2.31. The number of hydrogen-bond donors (Lipinski definition) is 2. The molecule has 2 N–H and O–H groups in total. The van der Waals surface area contributed by atoms with Gasteiger partial charge < -0.3 is 15.1 Å². The minimum atomic E-state index is -0.203. The van der Waals surface area contributed by atoms with Gasteiger partial charge in [-0.25, -0.2) is 0 Å². The van der Waals surface area contributed by atoms with Crippen molar-refractivity contribution in [1.29, 1.82) is 0 Å². The summed E-state index contributed by atoms with van der Waals surface area (Å²) in [5, 5.41) is 18.9. The van der Waals surface area contributed by atoms with E-state index in [4.69, 9.17) is 0 Å². The van der Waals surface area contributed by atoms with E-state index in [1.54, 1.807) is 0 Å². The molecule has 0 bridgehead atoms. The first kappa shape index (κ1) is 12.4. The summed E-state index contributed by atoms with van der Waals surface area (Å²) in [6.07, 6.45) is 1.85. The van der Waals surface area contributed by atoms with Crippen LogP contribution in [-0.2, 0) is 6.61 Å². The number of aliphatic hydroxyl groups excluding tert-OH is 2. The Labute approximate surface area is 103 Å². The maximum Gasteiger partial charge on any atom is 0.0702 e. The maximum atomic E-state index is 9.58. The van der Waals surface area contributed by atoms with Gasteiger partial charge in [-0.1, -0.05) is 18.2 Å². The third kappa shape index (κ3) is 2.79. The van der Waals surface area contributed by atoms with E-state index in [9.17, 15) is 10.2 Å². The van der Waals surface area contributed by atoms with E-state index >= 15 is 0 Å². The van der Waals surface area contributed by atoms with E-state index in [2.05, 4.69) is 11.0 Å². The van der Waals surface area contributed by atoms with Crippen molar-refractivity contribution in [1.82, 2.24) is 0 Å². The van der Waals surface area contributed by atoms with E-state index < -0.39 is 0 Å². The van der Waals surface area contributed by atoms with Crippen molar-refractivity contribution >= 4 is 5.69 Å². The van der Waals surface area contributed by atoms with E-state index in [-0.39, 0.29) is 12.7 Å². The Morgan fingerprint density at radius 3 is 2.53 bits per heavy atom. The molecule has 3 heteroatoms. The minimum absolute atomic E-state index is 0.0898. The van der Waals surface area contributed by atoms with Crippen LogP contribution in [-0.4, -0.2) is 29.4 Å². The summed E-state index contributed by atoms with van der Waals surface area (Å²) in [5.41, 5.74) is 2.13. The fourth-order valence-corrected chi connectivity index (χ4v) is 2.58. The molecule has 1 aliphatic rings. The lowest BCUT2D eigenvalue weighted by molar-refractivity contribution is 0.110. The number of nitrogens with zero attached hydrogens (tertiary/aromatic N) is 1. The standard InChI is InChI=1S/C14H21NO2/c1-11(17)12-6-8-15(9-7-12)14-5-3-2-4-13(14)10-16/h2-5,11-12,16-17H,6-10H2,1H3. The Kier molecular flexibility index (Phi) is 4.02. The second-order valence-electron chi connectivity index (χ2n) is 4.85. The molecule has 0 saturated carbocycles. The fraction of sp³-hybridized carbons (Fsp3) is 0.571. The van der Waals surface area contributed by atoms with Crippen molar-refractivity contribution in [3.63, 3.8) is 0 Å². The van der Waals surface area contributed by atoms with Crippen LogP contribution in [0.25, 0.3) is 0 Å². The van der Waals surface area contributed by atoms with Gasteiger partial charge in [0.1, 0.15) is 0 Å². The minimum Gasteiger partial charge on any atom is -0.393 e. The summed E-state index contributed by atoms with van der Waals surface area (Å²) in [5.74, 6) is 0.424. The maximum absolute atomic E-state index is 9.58. The highest BCUT2D eigenvalue weighted by molar-refractivity contribution is 5.53. The van der Waals surface area contributed by atoms with Gasteiger partial charge >= 0.3 is 0 Å². The lowest BCUT2D eigenvalue weighted by atomic mass is 9.91. The predicted octanol–water partition coefficient (Wildman–Crippen LogP) is 1.78. The average Bonchev–Trinajstić information content (AvgIpc) is 2.39. The summed E-state index contributed by atoms with van der Waals surface area (Å²) >= 11 is 0. The van der Waals surface area contributed by atoms with Gasteiger partial charge in [0.2, 0.25) is 0 Å². The number of rotatable bonds is 3. The Hall–Kier alpha value is -1.06. The zero-order valence-corrected chi connectivity index (χ0v) is 10.3. The van der Waals surface area contributed by atoms with E-state index in [1.807, 2.05) is 25.1 Å². The molecule has 1 aliphatic heterocycles. The van der Waals surface area contributed by atoms with Gasteiger partial charge in [0.15, 0.2) is 0 Å². The number of benzene rings is 1. The topological polar surface area (TPSA) is 43.7 Å². The molecule has 1 heterocycles. The number of anilines is 1. The predicted molar refractivity (Wildman–Crippen MR) is 69.0 cm³/mol. The highest BCUT2D eigenvalue weighted by atomic mass is 16.3. The Bertz CT molecular complexity index is 357. The lowest BCUT2D eigenvalue weighted by Gasteiger charge is -2.35. The van der Waals surface area contributed by atoms with Gasteiger partial charge in [-0.05, 0) is 31.7 Å². The van der Waals surface area contributed by atoms with Gasteiger partial charge in [-0.15, -0.1) is 0 Å². The van der Waals surface area contributed by atoms with Gasteiger partial charge in [-0.3, -0.25) is 0 Å². The van der Waals surface area contributed by atoms with Crippen molar-refractivity contribution in [3.8, 4) is 0 Å². The largest absolute Gasteiger partial charge is 0.393 e. The molecule has 0 spiro atoms. The van der Waals surface area contributed by atoms with Crippen LogP contribution in [0.3, 0.4) is 0 Å². The van der Waals surface area contributed by atoms with Gasteiger partial charge in [0.05, 0.1) is 12.7 Å². The fourth-order valence-electron chi connectivity index (χ4n) is 2.58. The van der Waals surface area contributed by atoms with Crippen LogP contribution in [0.1, 0.15) is 25.3 Å². The molecule has 0 aromatic heterocycles. The summed E-state index contributed by atoms with van der Waals surface area (Å²) in [6.45, 7) is 3.90. The molecule has 0 radical (unpaired) electrons. The van der Waals surface area contributed by atoms with Crippen LogP contribution < -0.4 is 4.90 Å². The monoisotopic (exact) mass is 235 g/mol. The Balaban J connectivity index is 2.05. The van der Waals surface area contributed by atoms with Crippen LogP contribution in [0.15, 0.2) is 24.3 Å². The molecule has 3 nitrogen and oxygen atoms in total. The third-order valence-corrected chi connectivity index (χ3v) is 3.72. The summed E-state index contributed by atoms with van der Waals surface area (Å²) < 4.78 is 0. The first-order valence-electron chi connectivity index (χ1n) is 6.34. The Morgan fingerprint density at radius 2 is 1.94 bits per heavy atom. The number of piperidine rings is 1. The molecule has 1 aromatic rings. The normalized spacial score (nSPS) is 19.4. The number of aliphatic hydroxyl groups is 2. The SMILES string of the molecule is CC(O)C1CCN(c2ccccc2CO)CC1. The van der Waals surface area contributed by atoms with Crippen molar-refractivity contribution in [2.45, 2.75) is 32.5 Å². The number of para-hydroxylation sites is 1. The number of hydrogen-bond acceptors (Lipinski definition) is 3. The molecule has 0 amide bonds. The van der Waals surface area contributed by atoms with Crippen molar-refractivity contribution in [2.24, 2.45) is 5.92 Å². The molecule has 0 aliphatic carbocycles.